The highest BCUT2D eigenvalue weighted by atomic mass is 16.4. The van der Waals surface area contributed by atoms with Crippen LogP contribution >= 0.6 is 0 Å². The Balaban J connectivity index is 1.99. The maximum absolute atomic E-state index is 11.8. The summed E-state index contributed by atoms with van der Waals surface area (Å²) in [6.07, 6.45) is -1.24. The van der Waals surface area contributed by atoms with Gasteiger partial charge in [0.25, 0.3) is 0 Å². The summed E-state index contributed by atoms with van der Waals surface area (Å²) in [4.78, 5) is 63.3. The van der Waals surface area contributed by atoms with E-state index in [0.29, 0.717) is 89.4 Å². The Bertz CT molecular complexity index is 2030. The molecule has 0 aliphatic carbocycles. The Kier molecular flexibility index (Phi) is 7.68. The molecular weight excluding hydrogens is 568 g/mol. The first-order valence-corrected chi connectivity index (χ1v) is 13.7. The van der Waals surface area contributed by atoms with Crippen LogP contribution < -0.4 is 0 Å². The number of nitrogens with zero attached hydrogens (tertiary/aromatic N) is 2. The van der Waals surface area contributed by atoms with E-state index in [1.54, 1.807) is 52.0 Å². The van der Waals surface area contributed by atoms with Crippen LogP contribution in [0, 0.1) is 13.8 Å². The summed E-state index contributed by atoms with van der Waals surface area (Å²) in [5.74, 6) is -4.22. The fourth-order valence-electron chi connectivity index (χ4n) is 5.72. The third-order valence-electron chi connectivity index (χ3n) is 8.11. The van der Waals surface area contributed by atoms with Crippen LogP contribution in [0.15, 0.2) is 24.3 Å². The van der Waals surface area contributed by atoms with Crippen LogP contribution in [0.25, 0.3) is 44.4 Å². The molecule has 2 aliphatic heterocycles. The van der Waals surface area contributed by atoms with E-state index in [1.807, 2.05) is 0 Å². The number of aryl methyl sites for hydroxylation is 2. The number of allylic oxidation sites excluding steroid dienone is 2. The first kappa shape index (κ1) is 30.0. The molecule has 12 nitrogen and oxygen atoms in total. The average Bonchev–Trinajstić information content (AvgIpc) is 3.56. The molecule has 12 heteroatoms. The van der Waals surface area contributed by atoms with Crippen LogP contribution in [0.2, 0.25) is 0 Å². The molecule has 0 saturated carbocycles. The normalized spacial score (nSPS) is 13.0. The van der Waals surface area contributed by atoms with E-state index in [0.717, 1.165) is 0 Å². The number of rotatable bonds is 8. The van der Waals surface area contributed by atoms with Crippen molar-refractivity contribution in [3.05, 3.63) is 69.3 Å². The molecule has 2 aliphatic rings. The topological polar surface area (TPSA) is 207 Å². The summed E-state index contributed by atoms with van der Waals surface area (Å²) in [6, 6.07) is 6.71. The zero-order chi connectivity index (χ0) is 32.0. The molecule has 0 spiro atoms. The Morgan fingerprint density at radius 2 is 0.886 bits per heavy atom. The Morgan fingerprint density at radius 3 is 1.30 bits per heavy atom. The van der Waals surface area contributed by atoms with E-state index in [4.69, 9.17) is 9.97 Å². The zero-order valence-corrected chi connectivity index (χ0v) is 24.5. The summed E-state index contributed by atoms with van der Waals surface area (Å²) in [5, 5.41) is 38.7. The van der Waals surface area contributed by atoms with Gasteiger partial charge in [-0.15, -0.1) is 0 Å². The van der Waals surface area contributed by atoms with Crippen molar-refractivity contribution in [2.75, 3.05) is 0 Å². The van der Waals surface area contributed by atoms with Crippen molar-refractivity contribution in [3.63, 3.8) is 0 Å². The standard InChI is InChI=1S/C32H30N4O8/c1-13-17(5-29(37)38)25-10-23-15(3)18(6-30(39)40)26(35-23)11-24-16(4)20(8-32(43)44)28(36-24)12-27-19(7-31(41)42)14(2)22(34-27)9-21(13)33-25/h9-12,34,36H,5-8H2,1-4H3,(H,37,38)(H,39,40)(H,41,42)(H,43,44). The molecule has 0 unspecified atom stereocenters. The summed E-state index contributed by atoms with van der Waals surface area (Å²) in [6.45, 7) is 7.02. The highest BCUT2D eigenvalue weighted by Gasteiger charge is 2.24. The van der Waals surface area contributed by atoms with Gasteiger partial charge >= 0.3 is 23.9 Å². The molecule has 8 bridgehead atoms. The van der Waals surface area contributed by atoms with E-state index in [2.05, 4.69) is 9.97 Å². The van der Waals surface area contributed by atoms with Gasteiger partial charge in [-0.2, -0.15) is 0 Å². The lowest BCUT2D eigenvalue weighted by molar-refractivity contribution is -0.137. The molecule has 0 amide bonds. The van der Waals surface area contributed by atoms with Crippen molar-refractivity contribution in [2.45, 2.75) is 53.4 Å². The van der Waals surface area contributed by atoms with Crippen LogP contribution in [-0.4, -0.2) is 64.2 Å². The van der Waals surface area contributed by atoms with Crippen molar-refractivity contribution < 1.29 is 39.6 Å². The van der Waals surface area contributed by atoms with Gasteiger partial charge in [0.05, 0.1) is 48.5 Å². The van der Waals surface area contributed by atoms with E-state index in [-0.39, 0.29) is 25.7 Å². The number of hydrogen-bond acceptors (Lipinski definition) is 6. The molecule has 5 heterocycles. The van der Waals surface area contributed by atoms with Gasteiger partial charge in [0.15, 0.2) is 0 Å². The highest BCUT2D eigenvalue weighted by molar-refractivity contribution is 6.01. The fourth-order valence-corrected chi connectivity index (χ4v) is 5.72. The monoisotopic (exact) mass is 598 g/mol. The highest BCUT2D eigenvalue weighted by Crippen LogP contribution is 2.37. The second-order valence-corrected chi connectivity index (χ2v) is 10.9. The van der Waals surface area contributed by atoms with Gasteiger partial charge in [0, 0.05) is 22.1 Å². The van der Waals surface area contributed by atoms with E-state index >= 15 is 0 Å². The molecule has 44 heavy (non-hydrogen) atoms. The molecule has 0 aromatic carbocycles. The van der Waals surface area contributed by atoms with Gasteiger partial charge in [0.1, 0.15) is 0 Å². The molecule has 6 N–H and O–H groups in total. The van der Waals surface area contributed by atoms with Gasteiger partial charge in [-0.1, -0.05) is 0 Å². The smallest absolute Gasteiger partial charge is 0.307 e. The predicted octanol–water partition coefficient (Wildman–Crippen LogP) is 5.00. The average molecular weight is 599 g/mol. The van der Waals surface area contributed by atoms with Crippen LogP contribution in [0.3, 0.4) is 0 Å². The maximum Gasteiger partial charge on any atom is 0.307 e. The minimum Gasteiger partial charge on any atom is -0.481 e. The van der Waals surface area contributed by atoms with Gasteiger partial charge in [0.2, 0.25) is 0 Å². The first-order chi connectivity index (χ1) is 20.7. The summed E-state index contributed by atoms with van der Waals surface area (Å²) in [5.41, 5.74) is 8.04. The third kappa shape index (κ3) is 5.61. The number of carboxylic acids is 4. The van der Waals surface area contributed by atoms with E-state index < -0.39 is 23.9 Å². The summed E-state index contributed by atoms with van der Waals surface area (Å²) >= 11 is 0. The lowest BCUT2D eigenvalue weighted by Gasteiger charge is -2.02. The largest absolute Gasteiger partial charge is 0.481 e. The number of aliphatic carboxylic acids is 4. The van der Waals surface area contributed by atoms with Crippen molar-refractivity contribution in [3.8, 4) is 0 Å². The summed E-state index contributed by atoms with van der Waals surface area (Å²) < 4.78 is 0. The lowest BCUT2D eigenvalue weighted by atomic mass is 10.0. The second-order valence-electron chi connectivity index (χ2n) is 10.9. The fraction of sp³-hybridized carbons (Fsp3) is 0.250. The zero-order valence-electron chi connectivity index (χ0n) is 24.5. The molecule has 0 radical (unpaired) electrons. The van der Waals surface area contributed by atoms with Gasteiger partial charge in [-0.05, 0) is 96.5 Å². The third-order valence-corrected chi connectivity index (χ3v) is 8.11. The minimum atomic E-state index is -1.06. The molecule has 0 fully saturated rings. The van der Waals surface area contributed by atoms with Crippen LogP contribution in [-0.2, 0) is 32.0 Å². The first-order valence-electron chi connectivity index (χ1n) is 13.7. The number of nitrogens with one attached hydrogen (secondary N) is 2. The number of H-pyrrole nitrogens is 2. The maximum atomic E-state index is 11.8. The van der Waals surface area contributed by atoms with Crippen molar-refractivity contribution >= 4 is 68.2 Å². The molecule has 3 aromatic heterocycles. The number of carbonyl (C=O) groups is 4. The van der Waals surface area contributed by atoms with Crippen molar-refractivity contribution in [2.24, 2.45) is 0 Å². The molecule has 0 saturated heterocycles. The minimum absolute atomic E-state index is 0.302. The Labute approximate surface area is 250 Å². The molecule has 3 aromatic rings. The molecule has 226 valence electrons. The molecule has 0 atom stereocenters. The second kappa shape index (κ2) is 11.3. The van der Waals surface area contributed by atoms with E-state index in [1.165, 1.54) is 0 Å². The lowest BCUT2D eigenvalue weighted by Crippen LogP contribution is -2.01. The number of hydrogen-bond donors (Lipinski definition) is 6. The Hall–Kier alpha value is -5.52. The summed E-state index contributed by atoms with van der Waals surface area (Å²) in [7, 11) is 0. The van der Waals surface area contributed by atoms with Crippen molar-refractivity contribution in [1.82, 2.24) is 19.9 Å². The quantitative estimate of drug-likeness (QED) is 0.205. The molecule has 5 rings (SSSR count). The van der Waals surface area contributed by atoms with Gasteiger partial charge < -0.3 is 30.4 Å². The number of aromatic amines is 2. The SMILES string of the molecule is CC1=C(CC(=O)O)c2cc3nc(cc4[nH]c(cc5[nH]c(cc1n2)c(C)c5CC(=O)O)c(CC(=O)O)c4C)C(CC(=O)O)=C3C. The number of aromatic nitrogens is 4. The van der Waals surface area contributed by atoms with Crippen molar-refractivity contribution in [1.29, 1.82) is 0 Å². The van der Waals surface area contributed by atoms with Gasteiger partial charge in [-0.3, -0.25) is 19.2 Å². The van der Waals surface area contributed by atoms with E-state index in [9.17, 15) is 39.6 Å². The van der Waals surface area contributed by atoms with Gasteiger partial charge in [-0.25, -0.2) is 9.97 Å². The number of fused-ring (bicyclic) bond motifs is 8. The Morgan fingerprint density at radius 1 is 0.523 bits per heavy atom. The molecular formula is C32H30N4O8. The predicted molar refractivity (Wildman–Crippen MR) is 163 cm³/mol. The van der Waals surface area contributed by atoms with Crippen LogP contribution in [0.5, 0.6) is 0 Å². The van der Waals surface area contributed by atoms with Crippen LogP contribution in [0.1, 0.15) is 71.7 Å². The number of carboxylic acid groups (broad SMARTS) is 4. The van der Waals surface area contributed by atoms with Crippen LogP contribution in [0.4, 0.5) is 0 Å².